The Balaban J connectivity index is 1.56. The van der Waals surface area contributed by atoms with Crippen LogP contribution in [0.3, 0.4) is 0 Å². The van der Waals surface area contributed by atoms with Gasteiger partial charge in [-0.25, -0.2) is 23.4 Å². The number of hydrogen-bond acceptors (Lipinski definition) is 10. The summed E-state index contributed by atoms with van der Waals surface area (Å²) in [5, 5.41) is 10.6. The topological polar surface area (TPSA) is 109 Å². The zero-order valence-corrected chi connectivity index (χ0v) is 25.3. The molecule has 3 aromatic rings. The molecule has 2 aliphatic rings. The van der Waals surface area contributed by atoms with Crippen molar-refractivity contribution in [1.82, 2.24) is 19.9 Å². The zero-order chi connectivity index (χ0) is 27.9. The first-order valence-electron chi connectivity index (χ1n) is 13.3. The number of halogens is 1. The molecular weight excluding hydrogens is 558 g/mol. The van der Waals surface area contributed by atoms with Crippen LogP contribution in [0, 0.1) is 12.8 Å². The third kappa shape index (κ3) is 6.55. The van der Waals surface area contributed by atoms with Crippen LogP contribution >= 0.6 is 22.9 Å². The van der Waals surface area contributed by atoms with Crippen LogP contribution in [0.25, 0.3) is 21.5 Å². The van der Waals surface area contributed by atoms with Crippen LogP contribution in [0.15, 0.2) is 12.3 Å². The largest absolute Gasteiger partial charge is 0.390 e. The fraction of sp³-hybridized carbons (Fsp3) is 0.593. The van der Waals surface area contributed by atoms with Crippen molar-refractivity contribution in [1.29, 1.82) is 0 Å². The number of ether oxygens (including phenoxy) is 1. The van der Waals surface area contributed by atoms with Crippen molar-refractivity contribution in [3.8, 4) is 11.3 Å². The number of rotatable bonds is 7. The van der Waals surface area contributed by atoms with E-state index in [1.807, 2.05) is 13.8 Å². The summed E-state index contributed by atoms with van der Waals surface area (Å²) in [7, 11) is -3.30. The minimum absolute atomic E-state index is 0.181. The lowest BCUT2D eigenvalue weighted by atomic mass is 9.83. The van der Waals surface area contributed by atoms with Crippen LogP contribution in [0.2, 0.25) is 5.15 Å². The Morgan fingerprint density at radius 2 is 1.87 bits per heavy atom. The fourth-order valence-corrected chi connectivity index (χ4v) is 7.59. The highest BCUT2D eigenvalue weighted by Crippen LogP contribution is 2.39. The van der Waals surface area contributed by atoms with Gasteiger partial charge in [-0.1, -0.05) is 11.6 Å². The quantitative estimate of drug-likeness (QED) is 0.405. The Kier molecular flexibility index (Phi) is 8.21. The molecule has 3 aromatic heterocycles. The number of sulfone groups is 1. The molecule has 2 saturated heterocycles. The number of aryl methyl sites for hydroxylation is 1. The lowest BCUT2D eigenvalue weighted by Crippen LogP contribution is -2.41. The predicted molar refractivity (Wildman–Crippen MR) is 156 cm³/mol. The standard InChI is InChI=1S/C27H36ClN5O4S2/c1-17-21(15-32-7-5-20(6-8-32)27(2,3)34)23-24(38-17)22(30-26(31-23)33-9-11-37-12-10-33)18-13-19(16-39(4,35)36)25(28)29-14-18/h13-14,20,34H,5-12,15-16H2,1-4H3. The SMILES string of the molecule is Cc1sc2c(-c3cnc(Cl)c(CS(C)(=O)=O)c3)nc(N3CCOCC3)nc2c1CN1CCC(C(C)(C)O)CC1. The molecule has 212 valence electrons. The number of aromatic nitrogens is 3. The molecule has 0 spiro atoms. The van der Waals surface area contributed by atoms with Crippen LogP contribution in [0.4, 0.5) is 5.95 Å². The molecule has 0 amide bonds. The smallest absolute Gasteiger partial charge is 0.226 e. The van der Waals surface area contributed by atoms with Crippen LogP contribution in [-0.2, 0) is 26.9 Å². The second-order valence-electron chi connectivity index (χ2n) is 11.2. The molecule has 0 unspecified atom stereocenters. The molecule has 0 radical (unpaired) electrons. The van der Waals surface area contributed by atoms with Gasteiger partial charge in [0.2, 0.25) is 5.95 Å². The van der Waals surface area contributed by atoms with Gasteiger partial charge in [-0.3, -0.25) is 4.90 Å². The Hall–Kier alpha value is -1.89. The van der Waals surface area contributed by atoms with E-state index in [4.69, 9.17) is 26.3 Å². The Bertz CT molecular complexity index is 1460. The average Bonchev–Trinajstić information content (AvgIpc) is 3.19. The van der Waals surface area contributed by atoms with E-state index in [0.717, 1.165) is 53.9 Å². The van der Waals surface area contributed by atoms with Crippen LogP contribution in [0.1, 0.15) is 42.7 Å². The van der Waals surface area contributed by atoms with Gasteiger partial charge in [-0.2, -0.15) is 0 Å². The van der Waals surface area contributed by atoms with Crippen LogP contribution < -0.4 is 4.90 Å². The van der Waals surface area contributed by atoms with Gasteiger partial charge >= 0.3 is 0 Å². The van der Waals surface area contributed by atoms with E-state index in [1.165, 1.54) is 16.7 Å². The summed E-state index contributed by atoms with van der Waals surface area (Å²) in [5.41, 5.74) is 3.37. The number of morpholine rings is 1. The summed E-state index contributed by atoms with van der Waals surface area (Å²) >= 11 is 7.95. The monoisotopic (exact) mass is 593 g/mol. The highest BCUT2D eigenvalue weighted by atomic mass is 35.5. The van der Waals surface area contributed by atoms with Gasteiger partial charge in [0, 0.05) is 53.7 Å². The van der Waals surface area contributed by atoms with Gasteiger partial charge in [0.15, 0.2) is 9.84 Å². The number of hydrogen-bond donors (Lipinski definition) is 1. The Labute approximate surface area is 239 Å². The van der Waals surface area contributed by atoms with Crippen molar-refractivity contribution in [2.75, 3.05) is 50.5 Å². The van der Waals surface area contributed by atoms with E-state index in [2.05, 4.69) is 21.7 Å². The molecule has 5 heterocycles. The lowest BCUT2D eigenvalue weighted by molar-refractivity contribution is -0.0135. The normalized spacial score (nSPS) is 18.3. The second kappa shape index (κ2) is 11.2. The van der Waals surface area contributed by atoms with E-state index < -0.39 is 15.4 Å². The van der Waals surface area contributed by atoms with Crippen molar-refractivity contribution in [2.45, 2.75) is 51.5 Å². The van der Waals surface area contributed by atoms with Gasteiger partial charge in [0.05, 0.1) is 40.5 Å². The molecule has 1 N–H and O–H groups in total. The van der Waals surface area contributed by atoms with Crippen molar-refractivity contribution >= 4 is 48.9 Å². The van der Waals surface area contributed by atoms with E-state index >= 15 is 0 Å². The minimum Gasteiger partial charge on any atom is -0.390 e. The number of thiophene rings is 1. The summed E-state index contributed by atoms with van der Waals surface area (Å²) in [6, 6.07) is 1.79. The number of likely N-dealkylation sites (tertiary alicyclic amines) is 1. The molecule has 2 fully saturated rings. The molecule has 39 heavy (non-hydrogen) atoms. The first kappa shape index (κ1) is 28.6. The van der Waals surface area contributed by atoms with Crippen LogP contribution in [0.5, 0.6) is 0 Å². The average molecular weight is 594 g/mol. The molecule has 0 bridgehead atoms. The van der Waals surface area contributed by atoms with Gasteiger partial charge < -0.3 is 14.7 Å². The van der Waals surface area contributed by atoms with Crippen molar-refractivity contribution in [3.05, 3.63) is 33.4 Å². The third-order valence-corrected chi connectivity index (χ3v) is 10.0. The number of fused-ring (bicyclic) bond motifs is 1. The number of nitrogens with zero attached hydrogens (tertiary/aromatic N) is 5. The summed E-state index contributed by atoms with van der Waals surface area (Å²) in [6.07, 6.45) is 4.77. The summed E-state index contributed by atoms with van der Waals surface area (Å²) in [5.74, 6) is 0.752. The lowest BCUT2D eigenvalue weighted by Gasteiger charge is -2.37. The van der Waals surface area contributed by atoms with E-state index in [0.29, 0.717) is 43.7 Å². The Morgan fingerprint density at radius 3 is 2.51 bits per heavy atom. The second-order valence-corrected chi connectivity index (χ2v) is 15.0. The molecule has 9 nitrogen and oxygen atoms in total. The molecule has 5 rings (SSSR count). The Morgan fingerprint density at radius 1 is 1.18 bits per heavy atom. The summed E-state index contributed by atoms with van der Waals surface area (Å²) in [4.78, 5) is 20.2. The maximum atomic E-state index is 12.0. The van der Waals surface area contributed by atoms with E-state index in [1.54, 1.807) is 23.6 Å². The fourth-order valence-electron chi connectivity index (χ4n) is 5.44. The van der Waals surface area contributed by atoms with Gasteiger partial charge in [-0.15, -0.1) is 11.3 Å². The zero-order valence-electron chi connectivity index (χ0n) is 22.9. The molecule has 2 aliphatic heterocycles. The highest BCUT2D eigenvalue weighted by molar-refractivity contribution is 7.89. The number of pyridine rings is 1. The van der Waals surface area contributed by atoms with Crippen LogP contribution in [-0.4, -0.2) is 84.6 Å². The third-order valence-electron chi connectivity index (χ3n) is 7.68. The number of piperidine rings is 1. The van der Waals surface area contributed by atoms with E-state index in [9.17, 15) is 13.5 Å². The van der Waals surface area contributed by atoms with Crippen molar-refractivity contribution < 1.29 is 18.3 Å². The van der Waals surface area contributed by atoms with E-state index in [-0.39, 0.29) is 10.9 Å². The molecule has 0 atom stereocenters. The maximum Gasteiger partial charge on any atom is 0.226 e. The number of anilines is 1. The van der Waals surface area contributed by atoms with Gasteiger partial charge in [-0.05, 0) is 58.7 Å². The molecule has 0 saturated carbocycles. The van der Waals surface area contributed by atoms with Crippen molar-refractivity contribution in [3.63, 3.8) is 0 Å². The number of aliphatic hydroxyl groups is 1. The minimum atomic E-state index is -3.30. The molecule has 0 aliphatic carbocycles. The predicted octanol–water partition coefficient (Wildman–Crippen LogP) is 4.08. The highest BCUT2D eigenvalue weighted by Gasteiger charge is 2.31. The first-order valence-corrected chi connectivity index (χ1v) is 16.5. The molecular formula is C27H36ClN5O4S2. The summed E-state index contributed by atoms with van der Waals surface area (Å²) in [6.45, 7) is 11.2. The van der Waals surface area contributed by atoms with Gasteiger partial charge in [0.1, 0.15) is 5.15 Å². The molecule has 0 aromatic carbocycles. The van der Waals surface area contributed by atoms with Crippen molar-refractivity contribution in [2.24, 2.45) is 5.92 Å². The summed E-state index contributed by atoms with van der Waals surface area (Å²) < 4.78 is 30.6. The molecule has 12 heteroatoms. The van der Waals surface area contributed by atoms with Gasteiger partial charge in [0.25, 0.3) is 0 Å². The first-order chi connectivity index (χ1) is 18.4. The maximum absolute atomic E-state index is 12.0.